The molecule has 2 aromatic rings. The number of fused-ring (bicyclic) bond motifs is 1. The van der Waals surface area contributed by atoms with Gasteiger partial charge in [-0.25, -0.2) is 9.78 Å². The third kappa shape index (κ3) is 2.91. The van der Waals surface area contributed by atoms with Crippen molar-refractivity contribution in [2.24, 2.45) is 11.8 Å². The molecule has 1 aromatic carbocycles. The van der Waals surface area contributed by atoms with Crippen molar-refractivity contribution in [3.8, 4) is 10.4 Å². The fourth-order valence-corrected chi connectivity index (χ4v) is 4.72. The summed E-state index contributed by atoms with van der Waals surface area (Å²) < 4.78 is 0. The number of thiazole rings is 1. The van der Waals surface area contributed by atoms with Crippen LogP contribution in [0.5, 0.6) is 0 Å². The number of amides is 1. The summed E-state index contributed by atoms with van der Waals surface area (Å²) in [5.74, 6) is 0.995. The number of anilines is 1. The van der Waals surface area contributed by atoms with Gasteiger partial charge in [0, 0.05) is 25.3 Å². The summed E-state index contributed by atoms with van der Waals surface area (Å²) in [6.45, 7) is 1.37. The van der Waals surface area contributed by atoms with Gasteiger partial charge >= 0.3 is 6.09 Å². The quantitative estimate of drug-likeness (QED) is 0.903. The first kappa shape index (κ1) is 14.5. The normalized spacial score (nSPS) is 26.3. The molecule has 2 fully saturated rings. The zero-order valence-electron chi connectivity index (χ0n) is 12.7. The second kappa shape index (κ2) is 5.85. The van der Waals surface area contributed by atoms with Gasteiger partial charge in [0.25, 0.3) is 0 Å². The van der Waals surface area contributed by atoms with E-state index in [4.69, 9.17) is 5.11 Å². The number of nitrogens with one attached hydrogen (secondary N) is 1. The molecule has 4 rings (SSSR count). The molecule has 0 spiro atoms. The monoisotopic (exact) mass is 329 g/mol. The molecule has 1 saturated heterocycles. The highest BCUT2D eigenvalue weighted by Gasteiger charge is 2.42. The third-order valence-electron chi connectivity index (χ3n) is 4.91. The second-order valence-corrected chi connectivity index (χ2v) is 7.45. The lowest BCUT2D eigenvalue weighted by Crippen LogP contribution is -2.29. The van der Waals surface area contributed by atoms with Crippen molar-refractivity contribution in [2.45, 2.75) is 18.9 Å². The smallest absolute Gasteiger partial charge is 0.407 e. The Labute approximate surface area is 139 Å². The van der Waals surface area contributed by atoms with E-state index in [1.165, 1.54) is 10.4 Å². The van der Waals surface area contributed by atoms with E-state index in [0.29, 0.717) is 31.0 Å². The Morgan fingerprint density at radius 1 is 1.22 bits per heavy atom. The van der Waals surface area contributed by atoms with Crippen LogP contribution in [0.3, 0.4) is 0 Å². The Balaban J connectivity index is 1.38. The molecule has 23 heavy (non-hydrogen) atoms. The molecule has 2 aliphatic rings. The first-order valence-corrected chi connectivity index (χ1v) is 8.76. The predicted molar refractivity (Wildman–Crippen MR) is 90.8 cm³/mol. The summed E-state index contributed by atoms with van der Waals surface area (Å²) in [4.78, 5) is 18.3. The first-order valence-electron chi connectivity index (χ1n) is 7.94. The molecule has 1 amide bonds. The van der Waals surface area contributed by atoms with E-state index in [1.54, 1.807) is 16.2 Å². The van der Waals surface area contributed by atoms with Crippen LogP contribution in [0, 0.1) is 11.8 Å². The minimum absolute atomic E-state index is 0.413. The predicted octanol–water partition coefficient (Wildman–Crippen LogP) is 3.61. The van der Waals surface area contributed by atoms with Crippen LogP contribution in [0.4, 0.5) is 9.93 Å². The lowest BCUT2D eigenvalue weighted by atomic mass is 10.0. The Bertz CT molecular complexity index is 689. The molecule has 5 nitrogen and oxygen atoms in total. The number of carboxylic acid groups (broad SMARTS) is 1. The molecule has 1 saturated carbocycles. The first-order chi connectivity index (χ1) is 11.2. The summed E-state index contributed by atoms with van der Waals surface area (Å²) in [6.07, 6.45) is 3.21. The fourth-order valence-electron chi connectivity index (χ4n) is 3.83. The van der Waals surface area contributed by atoms with E-state index < -0.39 is 6.09 Å². The number of hydrogen-bond donors (Lipinski definition) is 2. The topological polar surface area (TPSA) is 65.5 Å². The summed E-state index contributed by atoms with van der Waals surface area (Å²) in [6, 6.07) is 10.7. The maximum Gasteiger partial charge on any atom is 0.407 e. The average Bonchev–Trinajstić information content (AvgIpc) is 3.23. The highest BCUT2D eigenvalue weighted by atomic mass is 32.1. The number of aromatic nitrogens is 1. The van der Waals surface area contributed by atoms with Crippen LogP contribution >= 0.6 is 11.3 Å². The summed E-state index contributed by atoms with van der Waals surface area (Å²) in [5.41, 5.74) is 1.19. The number of nitrogens with zero attached hydrogens (tertiary/aromatic N) is 2. The molecule has 120 valence electrons. The van der Waals surface area contributed by atoms with Crippen molar-refractivity contribution >= 4 is 22.6 Å². The van der Waals surface area contributed by atoms with Gasteiger partial charge in [0.2, 0.25) is 0 Å². The molecule has 0 radical (unpaired) electrons. The number of benzene rings is 1. The Hall–Kier alpha value is -2.08. The van der Waals surface area contributed by atoms with Crippen molar-refractivity contribution in [3.05, 3.63) is 36.5 Å². The van der Waals surface area contributed by atoms with Crippen LogP contribution < -0.4 is 5.32 Å². The highest BCUT2D eigenvalue weighted by Crippen LogP contribution is 2.40. The van der Waals surface area contributed by atoms with Crippen LogP contribution in [-0.2, 0) is 0 Å². The Kier molecular flexibility index (Phi) is 3.69. The van der Waals surface area contributed by atoms with Gasteiger partial charge in [-0.3, -0.25) is 0 Å². The van der Waals surface area contributed by atoms with Crippen LogP contribution in [0.25, 0.3) is 10.4 Å². The lowest BCUT2D eigenvalue weighted by Gasteiger charge is -2.16. The second-order valence-electron chi connectivity index (χ2n) is 6.42. The molecule has 1 aliphatic carbocycles. The highest BCUT2D eigenvalue weighted by molar-refractivity contribution is 7.18. The van der Waals surface area contributed by atoms with E-state index in [1.807, 2.05) is 24.4 Å². The zero-order valence-corrected chi connectivity index (χ0v) is 13.5. The van der Waals surface area contributed by atoms with Gasteiger partial charge < -0.3 is 15.3 Å². The van der Waals surface area contributed by atoms with Gasteiger partial charge in [0.05, 0.1) is 4.88 Å². The van der Waals surface area contributed by atoms with Gasteiger partial charge in [-0.2, -0.15) is 0 Å². The Morgan fingerprint density at radius 2 is 1.91 bits per heavy atom. The van der Waals surface area contributed by atoms with Gasteiger partial charge in [-0.1, -0.05) is 41.7 Å². The maximum atomic E-state index is 11.0. The van der Waals surface area contributed by atoms with Crippen molar-refractivity contribution in [1.29, 1.82) is 0 Å². The lowest BCUT2D eigenvalue weighted by molar-refractivity contribution is 0.152. The zero-order chi connectivity index (χ0) is 15.8. The summed E-state index contributed by atoms with van der Waals surface area (Å²) in [7, 11) is 0. The number of carbonyl (C=O) groups is 1. The van der Waals surface area contributed by atoms with E-state index in [9.17, 15) is 4.79 Å². The van der Waals surface area contributed by atoms with Crippen molar-refractivity contribution in [3.63, 3.8) is 0 Å². The molecule has 2 heterocycles. The summed E-state index contributed by atoms with van der Waals surface area (Å²) in [5, 5.41) is 13.6. The van der Waals surface area contributed by atoms with Crippen LogP contribution in [0.1, 0.15) is 12.8 Å². The molecule has 3 atom stereocenters. The van der Waals surface area contributed by atoms with Crippen LogP contribution in [0.15, 0.2) is 36.5 Å². The molecule has 1 aliphatic heterocycles. The van der Waals surface area contributed by atoms with Gasteiger partial charge in [-0.05, 0) is 30.2 Å². The number of rotatable bonds is 3. The minimum atomic E-state index is -0.781. The third-order valence-corrected chi connectivity index (χ3v) is 5.89. The molecular formula is C17H19N3O2S. The molecule has 6 heteroatoms. The largest absolute Gasteiger partial charge is 0.465 e. The molecule has 1 unspecified atom stereocenters. The average molecular weight is 329 g/mol. The van der Waals surface area contributed by atoms with Gasteiger partial charge in [0.1, 0.15) is 0 Å². The van der Waals surface area contributed by atoms with Gasteiger partial charge in [-0.15, -0.1) is 0 Å². The molecule has 1 aromatic heterocycles. The minimum Gasteiger partial charge on any atom is -0.465 e. The van der Waals surface area contributed by atoms with Crippen molar-refractivity contribution in [2.75, 3.05) is 18.4 Å². The number of likely N-dealkylation sites (tertiary alicyclic amines) is 1. The van der Waals surface area contributed by atoms with Gasteiger partial charge in [0.15, 0.2) is 5.13 Å². The van der Waals surface area contributed by atoms with Crippen molar-refractivity contribution < 1.29 is 9.90 Å². The van der Waals surface area contributed by atoms with Crippen LogP contribution in [-0.4, -0.2) is 40.2 Å². The van der Waals surface area contributed by atoms with Crippen molar-refractivity contribution in [1.82, 2.24) is 9.88 Å². The molecule has 2 N–H and O–H groups in total. The van der Waals surface area contributed by atoms with Crippen LogP contribution in [0.2, 0.25) is 0 Å². The number of hydrogen-bond acceptors (Lipinski definition) is 4. The van der Waals surface area contributed by atoms with E-state index in [2.05, 4.69) is 22.4 Å². The van der Waals surface area contributed by atoms with E-state index >= 15 is 0 Å². The summed E-state index contributed by atoms with van der Waals surface area (Å²) >= 11 is 1.68. The van der Waals surface area contributed by atoms with E-state index in [0.717, 1.165) is 18.0 Å². The van der Waals surface area contributed by atoms with E-state index in [-0.39, 0.29) is 0 Å². The molecule has 0 bridgehead atoms. The SMILES string of the molecule is O=C(O)N1C[C@H]2CC(Nc3ncc(-c4ccccc4)s3)C[C@H]2C1. The maximum absolute atomic E-state index is 11.0. The standard InChI is InChI=1S/C17H19N3O2S/c21-17(22)20-9-12-6-14(7-13(12)10-20)19-16-18-8-15(23-16)11-4-2-1-3-5-11/h1-5,8,12-14H,6-7,9-10H2,(H,18,19)(H,21,22)/t12-,13+,14?. The fraction of sp³-hybridized carbons (Fsp3) is 0.412. The molecular weight excluding hydrogens is 310 g/mol. The Morgan fingerprint density at radius 3 is 2.57 bits per heavy atom.